The Kier molecular flexibility index (Phi) is 5.16. The van der Waals surface area contributed by atoms with E-state index in [9.17, 15) is 13.2 Å². The molecule has 4 nitrogen and oxygen atoms in total. The molecular formula is C18H19NO3S2. The van der Waals surface area contributed by atoms with Crippen LogP contribution < -0.4 is 5.32 Å². The Morgan fingerprint density at radius 3 is 2.67 bits per heavy atom. The van der Waals surface area contributed by atoms with E-state index in [2.05, 4.69) is 5.32 Å². The van der Waals surface area contributed by atoms with Crippen molar-refractivity contribution in [1.29, 1.82) is 0 Å². The van der Waals surface area contributed by atoms with E-state index >= 15 is 0 Å². The molecule has 1 aliphatic rings. The molecule has 1 aromatic heterocycles. The van der Waals surface area contributed by atoms with Gasteiger partial charge < -0.3 is 5.32 Å². The third kappa shape index (κ3) is 3.94. The van der Waals surface area contributed by atoms with Crippen LogP contribution in [0.3, 0.4) is 0 Å². The first-order valence-electron chi connectivity index (χ1n) is 7.92. The summed E-state index contributed by atoms with van der Waals surface area (Å²) in [6.07, 6.45) is 6.57. The normalized spacial score (nSPS) is 15.8. The molecule has 6 heteroatoms. The van der Waals surface area contributed by atoms with Gasteiger partial charge >= 0.3 is 0 Å². The highest BCUT2D eigenvalue weighted by Gasteiger charge is 2.30. The van der Waals surface area contributed by atoms with Gasteiger partial charge in [0.2, 0.25) is 5.91 Å². The fourth-order valence-corrected chi connectivity index (χ4v) is 5.39. The van der Waals surface area contributed by atoms with Crippen LogP contribution in [-0.2, 0) is 14.6 Å². The Morgan fingerprint density at radius 2 is 1.96 bits per heavy atom. The molecule has 1 aliphatic carbocycles. The molecule has 0 unspecified atom stereocenters. The highest BCUT2D eigenvalue weighted by Crippen LogP contribution is 2.30. The third-order valence-corrected chi connectivity index (χ3v) is 7.21. The van der Waals surface area contributed by atoms with E-state index < -0.39 is 9.84 Å². The molecule has 126 valence electrons. The molecule has 1 amide bonds. The number of hydrogen-bond acceptors (Lipinski definition) is 4. The molecule has 1 fully saturated rings. The molecule has 1 saturated carbocycles. The quantitative estimate of drug-likeness (QED) is 0.815. The van der Waals surface area contributed by atoms with Crippen LogP contribution in [0.25, 0.3) is 6.08 Å². The Labute approximate surface area is 146 Å². The molecule has 1 N–H and O–H groups in total. The van der Waals surface area contributed by atoms with Crippen LogP contribution in [-0.4, -0.2) is 19.6 Å². The Morgan fingerprint density at radius 1 is 1.17 bits per heavy atom. The Balaban J connectivity index is 1.72. The van der Waals surface area contributed by atoms with Crippen molar-refractivity contribution in [2.75, 3.05) is 5.32 Å². The monoisotopic (exact) mass is 361 g/mol. The number of carbonyl (C=O) groups is 1. The van der Waals surface area contributed by atoms with Gasteiger partial charge in [0.25, 0.3) is 0 Å². The van der Waals surface area contributed by atoms with Crippen molar-refractivity contribution < 1.29 is 13.2 Å². The van der Waals surface area contributed by atoms with E-state index in [1.54, 1.807) is 41.7 Å². The number of hydrogen-bond donors (Lipinski definition) is 1. The highest BCUT2D eigenvalue weighted by atomic mass is 32.2. The molecule has 0 spiro atoms. The van der Waals surface area contributed by atoms with Crippen molar-refractivity contribution in [3.63, 3.8) is 0 Å². The SMILES string of the molecule is O=C(C=Cc1cccs1)Nc1cccc(S(=O)(=O)C2CCCC2)c1. The number of sulfone groups is 1. The molecule has 0 saturated heterocycles. The summed E-state index contributed by atoms with van der Waals surface area (Å²) >= 11 is 1.54. The van der Waals surface area contributed by atoms with Crippen molar-refractivity contribution in [2.45, 2.75) is 35.8 Å². The number of carbonyl (C=O) groups excluding carboxylic acids is 1. The lowest BCUT2D eigenvalue weighted by molar-refractivity contribution is -0.111. The summed E-state index contributed by atoms with van der Waals surface area (Å²) in [6.45, 7) is 0. The van der Waals surface area contributed by atoms with E-state index in [4.69, 9.17) is 0 Å². The van der Waals surface area contributed by atoms with Crippen LogP contribution in [0.5, 0.6) is 0 Å². The largest absolute Gasteiger partial charge is 0.322 e. The zero-order valence-corrected chi connectivity index (χ0v) is 14.8. The van der Waals surface area contributed by atoms with E-state index in [1.165, 1.54) is 6.08 Å². The van der Waals surface area contributed by atoms with Gasteiger partial charge in [-0.25, -0.2) is 8.42 Å². The van der Waals surface area contributed by atoms with Crippen LogP contribution >= 0.6 is 11.3 Å². The standard InChI is InChI=1S/C18H19NO3S2/c20-18(11-10-15-6-4-12-23-15)19-14-5-3-9-17(13-14)24(21,22)16-7-1-2-8-16/h3-6,9-13,16H,1-2,7-8H2,(H,19,20). The van der Waals surface area contributed by atoms with Gasteiger partial charge in [0.05, 0.1) is 10.1 Å². The molecule has 0 atom stereocenters. The van der Waals surface area contributed by atoms with Gasteiger partial charge in [-0.1, -0.05) is 25.0 Å². The summed E-state index contributed by atoms with van der Waals surface area (Å²) < 4.78 is 25.3. The lowest BCUT2D eigenvalue weighted by Gasteiger charge is -2.12. The maximum absolute atomic E-state index is 12.6. The molecule has 1 aromatic carbocycles. The van der Waals surface area contributed by atoms with Gasteiger partial charge in [0, 0.05) is 16.6 Å². The maximum atomic E-state index is 12.6. The zero-order chi connectivity index (χ0) is 17.0. The number of thiophene rings is 1. The Bertz CT molecular complexity index is 833. The number of amides is 1. The zero-order valence-electron chi connectivity index (χ0n) is 13.1. The van der Waals surface area contributed by atoms with Crippen molar-refractivity contribution in [3.05, 3.63) is 52.7 Å². The van der Waals surface area contributed by atoms with Crippen LogP contribution in [0.2, 0.25) is 0 Å². The van der Waals surface area contributed by atoms with E-state index in [0.29, 0.717) is 5.69 Å². The van der Waals surface area contributed by atoms with Crippen LogP contribution in [0.4, 0.5) is 5.69 Å². The molecular weight excluding hydrogens is 342 g/mol. The summed E-state index contributed by atoms with van der Waals surface area (Å²) in [7, 11) is -3.31. The summed E-state index contributed by atoms with van der Waals surface area (Å²) in [5.41, 5.74) is 0.495. The summed E-state index contributed by atoms with van der Waals surface area (Å²) in [5.74, 6) is -0.279. The molecule has 1 heterocycles. The van der Waals surface area contributed by atoms with Gasteiger partial charge in [-0.15, -0.1) is 11.3 Å². The minimum Gasteiger partial charge on any atom is -0.322 e. The Hall–Kier alpha value is -1.92. The van der Waals surface area contributed by atoms with E-state index in [0.717, 1.165) is 30.6 Å². The van der Waals surface area contributed by atoms with Crippen molar-refractivity contribution in [1.82, 2.24) is 0 Å². The first-order valence-corrected chi connectivity index (χ1v) is 10.3. The number of benzene rings is 1. The number of anilines is 1. The highest BCUT2D eigenvalue weighted by molar-refractivity contribution is 7.92. The summed E-state index contributed by atoms with van der Waals surface area (Å²) in [4.78, 5) is 13.3. The predicted molar refractivity (Wildman–Crippen MR) is 97.9 cm³/mol. The van der Waals surface area contributed by atoms with Crippen LogP contribution in [0.1, 0.15) is 30.6 Å². The van der Waals surface area contributed by atoms with Gasteiger partial charge in [-0.3, -0.25) is 4.79 Å². The molecule has 3 rings (SSSR count). The maximum Gasteiger partial charge on any atom is 0.248 e. The smallest absolute Gasteiger partial charge is 0.248 e. The van der Waals surface area contributed by atoms with Gasteiger partial charge in [-0.2, -0.15) is 0 Å². The topological polar surface area (TPSA) is 63.2 Å². The average Bonchev–Trinajstić information content (AvgIpc) is 3.27. The van der Waals surface area contributed by atoms with Crippen LogP contribution in [0, 0.1) is 0 Å². The second-order valence-corrected chi connectivity index (χ2v) is 9.02. The van der Waals surface area contributed by atoms with Crippen molar-refractivity contribution >= 4 is 38.8 Å². The van der Waals surface area contributed by atoms with Gasteiger partial charge in [0.15, 0.2) is 9.84 Å². The third-order valence-electron chi connectivity index (χ3n) is 4.11. The number of nitrogens with one attached hydrogen (secondary N) is 1. The van der Waals surface area contributed by atoms with E-state index in [1.807, 2.05) is 17.5 Å². The van der Waals surface area contributed by atoms with Gasteiger partial charge in [-0.05, 0) is 48.6 Å². The minimum absolute atomic E-state index is 0.279. The van der Waals surface area contributed by atoms with Crippen molar-refractivity contribution in [3.8, 4) is 0 Å². The summed E-state index contributed by atoms with van der Waals surface area (Å²) in [5, 5.41) is 4.37. The lowest BCUT2D eigenvalue weighted by atomic mass is 10.3. The fourth-order valence-electron chi connectivity index (χ4n) is 2.87. The molecule has 0 bridgehead atoms. The molecule has 0 radical (unpaired) electrons. The predicted octanol–water partition coefficient (Wildman–Crippen LogP) is 4.12. The van der Waals surface area contributed by atoms with Crippen LogP contribution in [0.15, 0.2) is 52.7 Å². The second-order valence-electron chi connectivity index (χ2n) is 5.82. The second kappa shape index (κ2) is 7.32. The lowest BCUT2D eigenvalue weighted by Crippen LogP contribution is -2.18. The fraction of sp³-hybridized carbons (Fsp3) is 0.278. The van der Waals surface area contributed by atoms with Gasteiger partial charge in [0.1, 0.15) is 0 Å². The first-order chi connectivity index (χ1) is 11.6. The van der Waals surface area contributed by atoms with Crippen molar-refractivity contribution in [2.24, 2.45) is 0 Å². The molecule has 2 aromatic rings. The molecule has 0 aliphatic heterocycles. The number of rotatable bonds is 5. The minimum atomic E-state index is -3.31. The average molecular weight is 361 g/mol. The van der Waals surface area contributed by atoms with E-state index in [-0.39, 0.29) is 16.1 Å². The summed E-state index contributed by atoms with van der Waals surface area (Å²) in [6, 6.07) is 10.4. The molecule has 24 heavy (non-hydrogen) atoms. The first kappa shape index (κ1) is 16.9.